The minimum Gasteiger partial charge on any atom is -0.327 e. The molecule has 36 heavy (non-hydrogen) atoms. The van der Waals surface area contributed by atoms with Crippen molar-refractivity contribution >= 4 is 11.8 Å². The SMILES string of the molecule is CCCCCCCCCCCCn1cc(Cc2cncnc2)c(=O)nc1SCc1ccc(F)c(F)c1. The molecule has 8 heteroatoms. The maximum absolute atomic E-state index is 13.6. The van der Waals surface area contributed by atoms with E-state index in [0.717, 1.165) is 31.0 Å². The number of hydrogen-bond acceptors (Lipinski definition) is 5. The number of halogens is 2. The van der Waals surface area contributed by atoms with E-state index in [2.05, 4.69) is 21.9 Å². The van der Waals surface area contributed by atoms with Crippen LogP contribution in [0, 0.1) is 11.6 Å². The topological polar surface area (TPSA) is 60.7 Å². The summed E-state index contributed by atoms with van der Waals surface area (Å²) in [6.07, 6.45) is 19.6. The Morgan fingerprint density at radius 1 is 0.861 bits per heavy atom. The summed E-state index contributed by atoms with van der Waals surface area (Å²) in [5.41, 5.74) is 1.80. The fraction of sp³-hybridized carbons (Fsp3) is 0.500. The Morgan fingerprint density at radius 3 is 2.19 bits per heavy atom. The molecule has 2 aromatic heterocycles. The molecule has 0 aliphatic rings. The fourth-order valence-corrected chi connectivity index (χ4v) is 5.04. The van der Waals surface area contributed by atoms with E-state index in [4.69, 9.17) is 0 Å². The smallest absolute Gasteiger partial charge is 0.277 e. The van der Waals surface area contributed by atoms with Gasteiger partial charge in [-0.15, -0.1) is 0 Å². The van der Waals surface area contributed by atoms with Crippen LogP contribution in [0.1, 0.15) is 87.8 Å². The average Bonchev–Trinajstić information content (AvgIpc) is 2.88. The molecule has 2 heterocycles. The number of aryl methyl sites for hydroxylation is 1. The number of aromatic nitrogens is 4. The van der Waals surface area contributed by atoms with Crippen molar-refractivity contribution in [3.8, 4) is 0 Å². The molecule has 3 rings (SSSR count). The molecule has 0 amide bonds. The molecule has 5 nitrogen and oxygen atoms in total. The summed E-state index contributed by atoms with van der Waals surface area (Å²) in [6, 6.07) is 3.87. The second-order valence-electron chi connectivity index (χ2n) is 9.19. The second kappa shape index (κ2) is 15.5. The van der Waals surface area contributed by atoms with Gasteiger partial charge in [0.15, 0.2) is 16.8 Å². The van der Waals surface area contributed by atoms with Gasteiger partial charge in [-0.25, -0.2) is 18.7 Å². The van der Waals surface area contributed by atoms with Crippen LogP contribution >= 0.6 is 11.8 Å². The lowest BCUT2D eigenvalue weighted by Gasteiger charge is -2.14. The van der Waals surface area contributed by atoms with Crippen LogP contribution in [0.2, 0.25) is 0 Å². The van der Waals surface area contributed by atoms with Crippen LogP contribution in [-0.4, -0.2) is 19.5 Å². The summed E-state index contributed by atoms with van der Waals surface area (Å²) in [6.45, 7) is 2.99. The fourth-order valence-electron chi connectivity index (χ4n) is 4.11. The summed E-state index contributed by atoms with van der Waals surface area (Å²) in [5.74, 6) is -1.34. The molecule has 0 unspecified atom stereocenters. The predicted molar refractivity (Wildman–Crippen MR) is 141 cm³/mol. The van der Waals surface area contributed by atoms with E-state index in [1.54, 1.807) is 18.5 Å². The maximum Gasteiger partial charge on any atom is 0.277 e. The van der Waals surface area contributed by atoms with E-state index < -0.39 is 11.6 Å². The van der Waals surface area contributed by atoms with E-state index in [1.165, 1.54) is 75.5 Å². The van der Waals surface area contributed by atoms with Crippen molar-refractivity contribution in [1.82, 2.24) is 19.5 Å². The zero-order chi connectivity index (χ0) is 25.6. The number of rotatable bonds is 16. The molecule has 0 bridgehead atoms. The van der Waals surface area contributed by atoms with Gasteiger partial charge in [0.25, 0.3) is 5.56 Å². The summed E-state index contributed by atoms with van der Waals surface area (Å²) >= 11 is 1.36. The van der Waals surface area contributed by atoms with Gasteiger partial charge in [-0.3, -0.25) is 4.79 Å². The van der Waals surface area contributed by atoms with E-state index in [9.17, 15) is 13.6 Å². The molecule has 0 saturated heterocycles. The lowest BCUT2D eigenvalue weighted by Crippen LogP contribution is -2.20. The van der Waals surface area contributed by atoms with Crippen molar-refractivity contribution in [2.75, 3.05) is 0 Å². The Kier molecular flexibility index (Phi) is 12.0. The number of nitrogens with zero attached hydrogens (tertiary/aromatic N) is 4. The molecule has 0 fully saturated rings. The average molecular weight is 515 g/mol. The first kappa shape index (κ1) is 28.0. The molecule has 0 saturated carbocycles. The monoisotopic (exact) mass is 514 g/mol. The first-order valence-corrected chi connectivity index (χ1v) is 14.0. The van der Waals surface area contributed by atoms with Crippen molar-refractivity contribution < 1.29 is 8.78 Å². The third kappa shape index (κ3) is 9.45. The minimum absolute atomic E-state index is 0.286. The minimum atomic E-state index is -0.871. The highest BCUT2D eigenvalue weighted by molar-refractivity contribution is 7.98. The quantitative estimate of drug-likeness (QED) is 0.116. The lowest BCUT2D eigenvalue weighted by atomic mass is 10.1. The van der Waals surface area contributed by atoms with Crippen LogP contribution in [0.15, 0.2) is 53.1 Å². The van der Waals surface area contributed by atoms with Gasteiger partial charge in [-0.05, 0) is 29.7 Å². The molecule has 0 aliphatic heterocycles. The molecule has 0 spiro atoms. The lowest BCUT2D eigenvalue weighted by molar-refractivity contribution is 0.507. The summed E-state index contributed by atoms with van der Waals surface area (Å²) < 4.78 is 28.9. The van der Waals surface area contributed by atoms with E-state index in [-0.39, 0.29) is 5.56 Å². The summed E-state index contributed by atoms with van der Waals surface area (Å²) in [4.78, 5) is 25.2. The Labute approximate surface area is 216 Å². The highest BCUT2D eigenvalue weighted by Gasteiger charge is 2.12. The summed E-state index contributed by atoms with van der Waals surface area (Å²) in [5, 5.41) is 0.591. The number of thioether (sulfide) groups is 1. The zero-order valence-corrected chi connectivity index (χ0v) is 21.9. The highest BCUT2D eigenvalue weighted by atomic mass is 32.2. The van der Waals surface area contributed by atoms with Crippen molar-refractivity contribution in [2.45, 2.75) is 95.0 Å². The highest BCUT2D eigenvalue weighted by Crippen LogP contribution is 2.23. The van der Waals surface area contributed by atoms with Gasteiger partial charge in [-0.1, -0.05) is 82.5 Å². The van der Waals surface area contributed by atoms with Crippen LogP contribution in [0.5, 0.6) is 0 Å². The van der Waals surface area contributed by atoms with Gasteiger partial charge in [0.05, 0.1) is 0 Å². The normalized spacial score (nSPS) is 11.2. The van der Waals surface area contributed by atoms with Crippen molar-refractivity contribution in [2.24, 2.45) is 0 Å². The summed E-state index contributed by atoms with van der Waals surface area (Å²) in [7, 11) is 0. The first-order chi connectivity index (χ1) is 17.6. The molecule has 0 radical (unpaired) electrons. The third-order valence-corrected chi connectivity index (χ3v) is 7.20. The largest absolute Gasteiger partial charge is 0.327 e. The molecule has 0 atom stereocenters. The van der Waals surface area contributed by atoms with E-state index >= 15 is 0 Å². The van der Waals surface area contributed by atoms with Crippen molar-refractivity contribution in [3.05, 3.63) is 81.8 Å². The van der Waals surface area contributed by atoms with Gasteiger partial charge in [0, 0.05) is 42.9 Å². The van der Waals surface area contributed by atoms with Crippen molar-refractivity contribution in [3.63, 3.8) is 0 Å². The Morgan fingerprint density at radius 2 is 1.53 bits per heavy atom. The van der Waals surface area contributed by atoms with Crippen LogP contribution in [-0.2, 0) is 18.7 Å². The Hall–Kier alpha value is -2.61. The number of hydrogen-bond donors (Lipinski definition) is 0. The second-order valence-corrected chi connectivity index (χ2v) is 10.1. The Balaban J connectivity index is 1.61. The van der Waals surface area contributed by atoms with Crippen molar-refractivity contribution in [1.29, 1.82) is 0 Å². The van der Waals surface area contributed by atoms with Crippen LogP contribution in [0.3, 0.4) is 0 Å². The van der Waals surface area contributed by atoms with E-state index in [1.807, 2.05) is 10.8 Å². The number of benzene rings is 1. The first-order valence-electron chi connectivity index (χ1n) is 13.0. The van der Waals surface area contributed by atoms with E-state index in [0.29, 0.717) is 28.5 Å². The van der Waals surface area contributed by atoms with Gasteiger partial charge < -0.3 is 4.57 Å². The Bertz CT molecular complexity index is 1120. The van der Waals surface area contributed by atoms with Gasteiger partial charge in [-0.2, -0.15) is 4.98 Å². The molecular weight excluding hydrogens is 478 g/mol. The molecule has 3 aromatic rings. The molecular formula is C28H36F2N4OS. The van der Waals surface area contributed by atoms with Gasteiger partial charge >= 0.3 is 0 Å². The number of unbranched alkanes of at least 4 members (excludes halogenated alkanes) is 9. The van der Waals surface area contributed by atoms with Gasteiger partial charge in [0.1, 0.15) is 6.33 Å². The maximum atomic E-state index is 13.6. The van der Waals surface area contributed by atoms with Gasteiger partial charge in [0.2, 0.25) is 0 Å². The molecule has 0 aliphatic carbocycles. The van der Waals surface area contributed by atoms with Crippen LogP contribution in [0.4, 0.5) is 8.78 Å². The standard InChI is InChI=1S/C28H36F2N4OS/c1-2-3-4-5-6-7-8-9-10-11-14-34-19-24(15-23-17-31-21-32-18-23)27(35)33-28(34)36-20-22-12-13-25(29)26(30)16-22/h12-13,16-19,21H,2-11,14-15,20H2,1H3. The molecule has 194 valence electrons. The third-order valence-electron chi connectivity index (χ3n) is 6.14. The van der Waals surface area contributed by atoms with Crippen LogP contribution < -0.4 is 5.56 Å². The zero-order valence-electron chi connectivity index (χ0n) is 21.1. The predicted octanol–water partition coefficient (Wildman–Crippen LogP) is 7.12. The van der Waals surface area contributed by atoms with Crippen LogP contribution in [0.25, 0.3) is 0 Å². The molecule has 0 N–H and O–H groups in total. The molecule has 1 aromatic carbocycles.